The van der Waals surface area contributed by atoms with Gasteiger partial charge in [-0.15, -0.1) is 0 Å². The largest absolute Gasteiger partial charge is 0.497 e. The minimum Gasteiger partial charge on any atom is -0.497 e. The maximum atomic E-state index is 14.5. The number of aromatic nitrogens is 1. The number of nitrogens with two attached hydrogens (primary N) is 1. The zero-order valence-electron chi connectivity index (χ0n) is 22.0. The predicted octanol–water partition coefficient (Wildman–Crippen LogP) is 4.54. The monoisotopic (exact) mass is 545 g/mol. The SMILES string of the molecule is CC(F)Oc1ccc(C(N)=O)cc1.CCn1cccc(N2C(=O)CC(c3c(F)cc(OC)cc3F)C2C)c1=O. The topological polar surface area (TPSA) is 104 Å². The quantitative estimate of drug-likeness (QED) is 0.470. The number of methoxy groups -OCH3 is 1. The van der Waals surface area contributed by atoms with Crippen LogP contribution in [0.25, 0.3) is 0 Å². The zero-order chi connectivity index (χ0) is 28.9. The fourth-order valence-electron chi connectivity index (χ4n) is 4.44. The van der Waals surface area contributed by atoms with E-state index >= 15 is 0 Å². The number of hydrogen-bond acceptors (Lipinski definition) is 5. The molecular weight excluding hydrogens is 515 g/mol. The van der Waals surface area contributed by atoms with Crippen LogP contribution in [0.5, 0.6) is 11.5 Å². The van der Waals surface area contributed by atoms with Gasteiger partial charge in [-0.05, 0) is 50.2 Å². The van der Waals surface area contributed by atoms with Gasteiger partial charge >= 0.3 is 0 Å². The van der Waals surface area contributed by atoms with Crippen molar-refractivity contribution in [1.82, 2.24) is 4.57 Å². The number of carbonyl (C=O) groups excluding carboxylic acids is 2. The van der Waals surface area contributed by atoms with Crippen molar-refractivity contribution in [1.29, 1.82) is 0 Å². The fourth-order valence-corrected chi connectivity index (χ4v) is 4.44. The van der Waals surface area contributed by atoms with Crippen LogP contribution in [0, 0.1) is 11.6 Å². The summed E-state index contributed by atoms with van der Waals surface area (Å²) in [6.07, 6.45) is 0.207. The van der Waals surface area contributed by atoms with Crippen LogP contribution in [-0.2, 0) is 11.3 Å². The van der Waals surface area contributed by atoms with Crippen molar-refractivity contribution in [2.45, 2.75) is 52.1 Å². The molecule has 0 aliphatic carbocycles. The third kappa shape index (κ3) is 6.60. The molecule has 3 aromatic rings. The van der Waals surface area contributed by atoms with E-state index in [4.69, 9.17) is 15.2 Å². The number of primary amides is 1. The van der Waals surface area contributed by atoms with Crippen molar-refractivity contribution >= 4 is 17.5 Å². The highest BCUT2D eigenvalue weighted by molar-refractivity contribution is 5.97. The Balaban J connectivity index is 0.000000272. The van der Waals surface area contributed by atoms with E-state index in [0.717, 1.165) is 12.1 Å². The predicted molar refractivity (Wildman–Crippen MR) is 140 cm³/mol. The maximum absolute atomic E-state index is 14.5. The van der Waals surface area contributed by atoms with Crippen LogP contribution in [0.2, 0.25) is 0 Å². The molecular formula is C28H30F3N3O5. The van der Waals surface area contributed by atoms with Crippen LogP contribution < -0.4 is 25.7 Å². The number of carbonyl (C=O) groups is 2. The van der Waals surface area contributed by atoms with E-state index in [1.165, 1.54) is 47.8 Å². The van der Waals surface area contributed by atoms with E-state index in [-0.39, 0.29) is 34.9 Å². The molecule has 4 rings (SSSR count). The van der Waals surface area contributed by atoms with E-state index in [9.17, 15) is 27.6 Å². The van der Waals surface area contributed by atoms with E-state index in [2.05, 4.69) is 0 Å². The third-order valence-electron chi connectivity index (χ3n) is 6.35. The summed E-state index contributed by atoms with van der Waals surface area (Å²) in [5.41, 5.74) is 5.16. The van der Waals surface area contributed by atoms with Crippen LogP contribution in [0.15, 0.2) is 59.5 Å². The summed E-state index contributed by atoms with van der Waals surface area (Å²) in [4.78, 5) is 37.1. The molecule has 3 atom stereocenters. The summed E-state index contributed by atoms with van der Waals surface area (Å²) < 4.78 is 52.3. The van der Waals surface area contributed by atoms with Gasteiger partial charge in [-0.3, -0.25) is 14.4 Å². The number of anilines is 1. The summed E-state index contributed by atoms with van der Waals surface area (Å²) in [5, 5.41) is 0. The number of nitrogens with zero attached hydrogens (tertiary/aromatic N) is 2. The summed E-state index contributed by atoms with van der Waals surface area (Å²) in [6.45, 7) is 5.27. The fraction of sp³-hybridized carbons (Fsp3) is 0.321. The Labute approximate surface area is 223 Å². The van der Waals surface area contributed by atoms with Crippen LogP contribution >= 0.6 is 0 Å². The molecule has 208 valence electrons. The van der Waals surface area contributed by atoms with Gasteiger partial charge in [0.05, 0.1) is 7.11 Å². The van der Waals surface area contributed by atoms with Crippen LogP contribution in [0.4, 0.5) is 18.9 Å². The summed E-state index contributed by atoms with van der Waals surface area (Å²) in [7, 11) is 1.32. The smallest absolute Gasteiger partial charge is 0.274 e. The number of ether oxygens (including phenoxy) is 2. The first-order valence-electron chi connectivity index (χ1n) is 12.2. The van der Waals surface area contributed by atoms with Gasteiger partial charge in [0.25, 0.3) is 5.56 Å². The van der Waals surface area contributed by atoms with Gasteiger partial charge in [0.2, 0.25) is 18.2 Å². The first-order valence-corrected chi connectivity index (χ1v) is 12.2. The molecule has 2 amide bonds. The van der Waals surface area contributed by atoms with Gasteiger partial charge in [-0.1, -0.05) is 0 Å². The number of benzene rings is 2. The Bertz CT molecular complexity index is 1370. The molecule has 1 saturated heterocycles. The van der Waals surface area contributed by atoms with E-state index in [1.807, 2.05) is 6.92 Å². The number of pyridine rings is 1. The second kappa shape index (κ2) is 12.5. The average molecular weight is 546 g/mol. The highest BCUT2D eigenvalue weighted by Gasteiger charge is 2.42. The van der Waals surface area contributed by atoms with Gasteiger partial charge in [0.15, 0.2) is 0 Å². The Hall–Kier alpha value is -4.28. The molecule has 1 aromatic heterocycles. The number of amides is 2. The standard InChI is InChI=1S/C19H20F2N2O3.C9H10FNO2/c1-4-22-7-5-6-16(19(22)25)23-11(2)13(10-17(23)24)18-14(20)8-12(26-3)9-15(18)21;1-6(10)13-8-4-2-7(3-5-8)9(11)12/h5-9,11,13H,4,10H2,1-3H3;2-6H,1H3,(H2,11,12). The lowest BCUT2D eigenvalue weighted by atomic mass is 9.91. The van der Waals surface area contributed by atoms with Crippen LogP contribution in [-0.4, -0.2) is 35.9 Å². The highest BCUT2D eigenvalue weighted by atomic mass is 19.1. The molecule has 39 heavy (non-hydrogen) atoms. The van der Waals surface area contributed by atoms with Crippen LogP contribution in [0.1, 0.15) is 49.0 Å². The highest BCUT2D eigenvalue weighted by Crippen LogP contribution is 2.39. The Morgan fingerprint density at radius 3 is 2.23 bits per heavy atom. The minimum absolute atomic E-state index is 0.0677. The van der Waals surface area contributed by atoms with Gasteiger partial charge < -0.3 is 24.7 Å². The molecule has 0 saturated carbocycles. The Morgan fingerprint density at radius 2 is 1.72 bits per heavy atom. The molecule has 3 unspecified atom stereocenters. The van der Waals surface area contributed by atoms with Gasteiger partial charge in [0.1, 0.15) is 28.8 Å². The number of halogens is 3. The lowest BCUT2D eigenvalue weighted by Gasteiger charge is -2.25. The number of aryl methyl sites for hydroxylation is 1. The van der Waals surface area contributed by atoms with Crippen molar-refractivity contribution < 1.29 is 32.2 Å². The molecule has 0 spiro atoms. The van der Waals surface area contributed by atoms with E-state index in [1.54, 1.807) is 25.3 Å². The first-order chi connectivity index (χ1) is 18.5. The molecule has 0 bridgehead atoms. The average Bonchev–Trinajstić information content (AvgIpc) is 3.17. The molecule has 2 heterocycles. The zero-order valence-corrected chi connectivity index (χ0v) is 22.0. The first kappa shape index (κ1) is 29.3. The summed E-state index contributed by atoms with van der Waals surface area (Å²) in [5.74, 6) is -2.60. The van der Waals surface area contributed by atoms with Gasteiger partial charge in [0, 0.05) is 61.3 Å². The van der Waals surface area contributed by atoms with Crippen molar-refractivity contribution in [3.8, 4) is 11.5 Å². The van der Waals surface area contributed by atoms with Gasteiger partial charge in [-0.2, -0.15) is 0 Å². The lowest BCUT2D eigenvalue weighted by Crippen LogP contribution is -2.38. The molecule has 2 aromatic carbocycles. The number of rotatable bonds is 7. The Kier molecular flexibility index (Phi) is 9.39. The van der Waals surface area contributed by atoms with Crippen LogP contribution in [0.3, 0.4) is 0 Å². The van der Waals surface area contributed by atoms with E-state index < -0.39 is 35.9 Å². The molecule has 2 N–H and O–H groups in total. The van der Waals surface area contributed by atoms with Crippen molar-refractivity contribution in [3.63, 3.8) is 0 Å². The van der Waals surface area contributed by atoms with E-state index in [0.29, 0.717) is 17.9 Å². The van der Waals surface area contributed by atoms with Crippen molar-refractivity contribution in [2.75, 3.05) is 12.0 Å². The molecule has 1 aliphatic rings. The second-order valence-corrected chi connectivity index (χ2v) is 8.85. The number of hydrogen-bond donors (Lipinski definition) is 1. The lowest BCUT2D eigenvalue weighted by molar-refractivity contribution is -0.117. The third-order valence-corrected chi connectivity index (χ3v) is 6.35. The minimum atomic E-state index is -1.36. The summed E-state index contributed by atoms with van der Waals surface area (Å²) in [6, 6.07) is 10.9. The Morgan fingerprint density at radius 1 is 1.10 bits per heavy atom. The summed E-state index contributed by atoms with van der Waals surface area (Å²) >= 11 is 0. The normalized spacial score (nSPS) is 17.3. The molecule has 1 aliphatic heterocycles. The second-order valence-electron chi connectivity index (χ2n) is 8.85. The van der Waals surface area contributed by atoms with Crippen molar-refractivity contribution in [3.05, 3.63) is 87.8 Å². The molecule has 11 heteroatoms. The number of alkyl halides is 1. The molecule has 0 radical (unpaired) electrons. The molecule has 8 nitrogen and oxygen atoms in total. The van der Waals surface area contributed by atoms with Gasteiger partial charge in [-0.25, -0.2) is 13.2 Å². The molecule has 1 fully saturated rings. The van der Waals surface area contributed by atoms with Crippen molar-refractivity contribution in [2.24, 2.45) is 5.73 Å². The maximum Gasteiger partial charge on any atom is 0.274 e.